The number of para-hydroxylation sites is 1. The molecule has 5 rings (SSSR count). The molecule has 36 heavy (non-hydrogen) atoms. The summed E-state index contributed by atoms with van der Waals surface area (Å²) in [6.45, 7) is 0.301. The number of methoxy groups -OCH3 is 1. The van der Waals surface area contributed by atoms with Crippen molar-refractivity contribution in [3.63, 3.8) is 0 Å². The molecular formula is C27H24N4O3S2. The summed E-state index contributed by atoms with van der Waals surface area (Å²) >= 11 is 2.82. The maximum Gasteiger partial charge on any atom is 0.267 e. The zero-order chi connectivity index (χ0) is 25.1. The predicted octanol–water partition coefficient (Wildman–Crippen LogP) is 4.98. The zero-order valence-electron chi connectivity index (χ0n) is 19.8. The van der Waals surface area contributed by atoms with Crippen LogP contribution in [0.25, 0.3) is 15.9 Å². The number of carbonyl (C=O) groups excluding carboxylic acids is 1. The highest BCUT2D eigenvalue weighted by molar-refractivity contribution is 7.99. The molecule has 0 unspecified atom stereocenters. The highest BCUT2D eigenvalue weighted by Crippen LogP contribution is 2.36. The molecule has 182 valence electrons. The minimum absolute atomic E-state index is 0.0829. The molecule has 0 aliphatic heterocycles. The fourth-order valence-corrected chi connectivity index (χ4v) is 6.64. The zero-order valence-corrected chi connectivity index (χ0v) is 21.4. The van der Waals surface area contributed by atoms with Crippen LogP contribution in [0.15, 0.2) is 64.5 Å². The first-order valence-electron chi connectivity index (χ1n) is 11.7. The van der Waals surface area contributed by atoms with Gasteiger partial charge in [0, 0.05) is 17.1 Å². The second kappa shape index (κ2) is 10.6. The van der Waals surface area contributed by atoms with Crippen molar-refractivity contribution < 1.29 is 9.53 Å². The number of ether oxygens (including phenoxy) is 1. The van der Waals surface area contributed by atoms with Crippen LogP contribution in [0.4, 0.5) is 5.69 Å². The van der Waals surface area contributed by atoms with Crippen LogP contribution in [0, 0.1) is 11.3 Å². The van der Waals surface area contributed by atoms with Gasteiger partial charge in [-0.25, -0.2) is 4.98 Å². The monoisotopic (exact) mass is 516 g/mol. The van der Waals surface area contributed by atoms with Crippen LogP contribution in [0.3, 0.4) is 0 Å². The van der Waals surface area contributed by atoms with Gasteiger partial charge in [0.1, 0.15) is 10.6 Å². The van der Waals surface area contributed by atoms with Gasteiger partial charge in [0.2, 0.25) is 5.91 Å². The van der Waals surface area contributed by atoms with Gasteiger partial charge >= 0.3 is 0 Å². The molecule has 1 amide bonds. The molecule has 7 nitrogen and oxygen atoms in total. The molecule has 0 bridgehead atoms. The van der Waals surface area contributed by atoms with Crippen molar-refractivity contribution in [1.29, 1.82) is 5.26 Å². The minimum atomic E-state index is -0.147. The van der Waals surface area contributed by atoms with Crippen LogP contribution in [-0.2, 0) is 17.6 Å². The van der Waals surface area contributed by atoms with E-state index in [4.69, 9.17) is 15.0 Å². The number of nitriles is 1. The molecule has 2 heterocycles. The van der Waals surface area contributed by atoms with Crippen LogP contribution in [0.2, 0.25) is 0 Å². The lowest BCUT2D eigenvalue weighted by Gasteiger charge is -2.22. The number of thioether (sulfide) groups is 1. The second-order valence-electron chi connectivity index (χ2n) is 8.35. The second-order valence-corrected chi connectivity index (χ2v) is 10.4. The Morgan fingerprint density at radius 3 is 2.69 bits per heavy atom. The Labute approximate surface area is 217 Å². The lowest BCUT2D eigenvalue weighted by molar-refractivity contribution is -0.116. The molecule has 0 radical (unpaired) electrons. The molecule has 0 saturated heterocycles. The van der Waals surface area contributed by atoms with E-state index in [1.54, 1.807) is 27.9 Å². The molecule has 4 aromatic rings. The highest BCUT2D eigenvalue weighted by Gasteiger charge is 2.25. The van der Waals surface area contributed by atoms with Crippen molar-refractivity contribution in [3.05, 3.63) is 75.4 Å². The number of hydrogen-bond donors (Lipinski definition) is 0. The van der Waals surface area contributed by atoms with Gasteiger partial charge in [-0.3, -0.25) is 14.2 Å². The molecule has 0 saturated carbocycles. The fraction of sp³-hybridized carbons (Fsp3) is 0.259. The Balaban J connectivity index is 1.52. The number of hydrogen-bond acceptors (Lipinski definition) is 7. The van der Waals surface area contributed by atoms with Crippen molar-refractivity contribution in [3.8, 4) is 17.5 Å². The van der Waals surface area contributed by atoms with E-state index < -0.39 is 0 Å². The smallest absolute Gasteiger partial charge is 0.267 e. The van der Waals surface area contributed by atoms with Crippen molar-refractivity contribution in [1.82, 2.24) is 9.55 Å². The predicted molar refractivity (Wildman–Crippen MR) is 144 cm³/mol. The minimum Gasteiger partial charge on any atom is -0.497 e. The van der Waals surface area contributed by atoms with E-state index in [2.05, 4.69) is 6.07 Å². The Kier molecular flexibility index (Phi) is 7.07. The number of fused-ring (bicyclic) bond motifs is 3. The Morgan fingerprint density at radius 1 is 1.19 bits per heavy atom. The van der Waals surface area contributed by atoms with Crippen molar-refractivity contribution in [2.45, 2.75) is 30.8 Å². The van der Waals surface area contributed by atoms with E-state index in [1.165, 1.54) is 16.6 Å². The van der Waals surface area contributed by atoms with Crippen LogP contribution >= 0.6 is 23.1 Å². The maximum atomic E-state index is 13.8. The van der Waals surface area contributed by atoms with Gasteiger partial charge in [-0.15, -0.1) is 11.3 Å². The number of nitrogens with zero attached hydrogens (tertiary/aromatic N) is 4. The summed E-state index contributed by atoms with van der Waals surface area (Å²) in [5.41, 5.74) is 2.43. The van der Waals surface area contributed by atoms with Gasteiger partial charge in [0.15, 0.2) is 5.16 Å². The van der Waals surface area contributed by atoms with E-state index in [9.17, 15) is 9.59 Å². The molecular weight excluding hydrogens is 492 g/mol. The average molecular weight is 517 g/mol. The van der Waals surface area contributed by atoms with Gasteiger partial charge in [-0.05, 0) is 61.2 Å². The topological polar surface area (TPSA) is 88.2 Å². The molecule has 0 spiro atoms. The highest BCUT2D eigenvalue weighted by atomic mass is 32.2. The summed E-state index contributed by atoms with van der Waals surface area (Å²) in [6.07, 6.45) is 3.16. The molecule has 1 aliphatic rings. The van der Waals surface area contributed by atoms with E-state index in [0.717, 1.165) is 35.3 Å². The Hall–Kier alpha value is -3.61. The lowest BCUT2D eigenvalue weighted by atomic mass is 10.2. The third-order valence-corrected chi connectivity index (χ3v) is 8.29. The van der Waals surface area contributed by atoms with Crippen molar-refractivity contribution in [2.24, 2.45) is 0 Å². The van der Waals surface area contributed by atoms with Gasteiger partial charge in [0.05, 0.1) is 36.4 Å². The first-order chi connectivity index (χ1) is 17.6. The summed E-state index contributed by atoms with van der Waals surface area (Å²) < 4.78 is 6.89. The first kappa shape index (κ1) is 24.1. The lowest BCUT2D eigenvalue weighted by Crippen LogP contribution is -2.33. The van der Waals surface area contributed by atoms with E-state index in [1.807, 2.05) is 54.6 Å². The molecule has 9 heteroatoms. The van der Waals surface area contributed by atoms with Crippen LogP contribution in [0.5, 0.6) is 5.75 Å². The average Bonchev–Trinajstić information content (AvgIpc) is 3.50. The summed E-state index contributed by atoms with van der Waals surface area (Å²) in [5.74, 6) is 0.628. The number of anilines is 1. The third-order valence-electron chi connectivity index (χ3n) is 6.18. The van der Waals surface area contributed by atoms with Gasteiger partial charge in [-0.2, -0.15) is 5.26 Å². The normalized spacial score (nSPS) is 12.3. The van der Waals surface area contributed by atoms with E-state index >= 15 is 0 Å². The fourth-order valence-electron chi connectivity index (χ4n) is 4.45. The third kappa shape index (κ3) is 4.62. The van der Waals surface area contributed by atoms with Crippen molar-refractivity contribution in [2.75, 3.05) is 24.3 Å². The number of amides is 1. The molecule has 2 aromatic carbocycles. The number of aromatic nitrogens is 2. The molecule has 2 aromatic heterocycles. The number of aryl methyl sites for hydroxylation is 2. The van der Waals surface area contributed by atoms with Gasteiger partial charge < -0.3 is 9.64 Å². The van der Waals surface area contributed by atoms with Crippen LogP contribution < -0.4 is 15.2 Å². The molecule has 0 fully saturated rings. The largest absolute Gasteiger partial charge is 0.497 e. The van der Waals surface area contributed by atoms with Crippen LogP contribution in [-0.4, -0.2) is 34.9 Å². The number of benzene rings is 2. The number of carbonyl (C=O) groups is 1. The summed E-state index contributed by atoms with van der Waals surface area (Å²) in [5, 5.41) is 10.2. The molecule has 0 N–H and O–H groups in total. The summed E-state index contributed by atoms with van der Waals surface area (Å²) in [6, 6.07) is 18.7. The molecule has 1 aliphatic carbocycles. The SMILES string of the molecule is COc1ccc(-n2c(SCC(=O)N(CCC#N)c3ccccc3)nc3sc4c(c3c2=O)CCC4)cc1. The Morgan fingerprint density at radius 2 is 1.97 bits per heavy atom. The first-order valence-corrected chi connectivity index (χ1v) is 13.5. The number of rotatable bonds is 8. The Bertz CT molecular complexity index is 1500. The molecule has 0 atom stereocenters. The summed E-state index contributed by atoms with van der Waals surface area (Å²) in [4.78, 5) is 35.6. The van der Waals surface area contributed by atoms with Crippen molar-refractivity contribution >= 4 is 44.9 Å². The van der Waals surface area contributed by atoms with E-state index in [0.29, 0.717) is 28.5 Å². The summed E-state index contributed by atoms with van der Waals surface area (Å²) in [7, 11) is 1.60. The van der Waals surface area contributed by atoms with Crippen LogP contribution in [0.1, 0.15) is 23.3 Å². The quantitative estimate of drug-likeness (QED) is 0.242. The number of thiophene rings is 1. The maximum absolute atomic E-state index is 13.8. The van der Waals surface area contributed by atoms with E-state index in [-0.39, 0.29) is 23.6 Å². The van der Waals surface area contributed by atoms with Gasteiger partial charge in [0.25, 0.3) is 5.56 Å². The van der Waals surface area contributed by atoms with Gasteiger partial charge in [-0.1, -0.05) is 30.0 Å². The standard InChI is InChI=1S/C27H24N4O3S2/c1-34-20-13-11-19(12-14-20)31-26(33)24-21-9-5-10-22(21)36-25(24)29-27(31)35-17-23(32)30(16-6-15-28)18-7-3-2-4-8-18/h2-4,7-8,11-14H,5-6,9-10,16-17H2,1H3.